The predicted octanol–water partition coefficient (Wildman–Crippen LogP) is 5.62. The topological polar surface area (TPSA) is 109 Å². The van der Waals surface area contributed by atoms with Crippen molar-refractivity contribution in [2.75, 3.05) is 53.8 Å². The van der Waals surface area contributed by atoms with E-state index in [9.17, 15) is 14.0 Å². The molecule has 2 aliphatic rings. The summed E-state index contributed by atoms with van der Waals surface area (Å²) in [6.07, 6.45) is 4.34. The fraction of sp³-hybridized carbons (Fsp3) is 0.400. The maximum atomic E-state index is 14.4. The van der Waals surface area contributed by atoms with Crippen LogP contribution in [0.5, 0.6) is 0 Å². The van der Waals surface area contributed by atoms with Gasteiger partial charge < -0.3 is 29.9 Å². The molecule has 2 saturated heterocycles. The first-order chi connectivity index (χ1) is 20.3. The zero-order valence-electron chi connectivity index (χ0n) is 23.6. The molecule has 42 heavy (non-hydrogen) atoms. The van der Waals surface area contributed by atoms with Crippen molar-refractivity contribution in [2.24, 2.45) is 5.92 Å². The number of amides is 1. The summed E-state index contributed by atoms with van der Waals surface area (Å²) in [7, 11) is 1.80. The highest BCUT2D eigenvalue weighted by molar-refractivity contribution is 6.34. The van der Waals surface area contributed by atoms with Crippen LogP contribution in [0.4, 0.5) is 33.2 Å². The van der Waals surface area contributed by atoms with Crippen LogP contribution < -0.4 is 20.4 Å². The van der Waals surface area contributed by atoms with E-state index in [2.05, 4.69) is 25.5 Å². The Morgan fingerprint density at radius 1 is 1.17 bits per heavy atom. The molecule has 1 aromatic heterocycles. The first-order valence-corrected chi connectivity index (χ1v) is 14.5. The van der Waals surface area contributed by atoms with E-state index in [4.69, 9.17) is 21.1 Å². The second-order valence-electron chi connectivity index (χ2n) is 10.2. The molecule has 2 fully saturated rings. The Morgan fingerprint density at radius 2 is 1.93 bits per heavy atom. The van der Waals surface area contributed by atoms with Crippen molar-refractivity contribution in [1.82, 2.24) is 9.97 Å². The van der Waals surface area contributed by atoms with Crippen LogP contribution in [0.15, 0.2) is 48.7 Å². The molecule has 0 bridgehead atoms. The van der Waals surface area contributed by atoms with Crippen molar-refractivity contribution >= 4 is 52.3 Å². The molecule has 1 amide bonds. The highest BCUT2D eigenvalue weighted by Gasteiger charge is 2.28. The van der Waals surface area contributed by atoms with Gasteiger partial charge in [-0.15, -0.1) is 0 Å². The van der Waals surface area contributed by atoms with Crippen LogP contribution in [0.25, 0.3) is 0 Å². The molecule has 2 aromatic carbocycles. The Morgan fingerprint density at radius 3 is 2.60 bits per heavy atom. The Bertz CT molecular complexity index is 1390. The summed E-state index contributed by atoms with van der Waals surface area (Å²) < 4.78 is 25.4. The zero-order valence-corrected chi connectivity index (χ0v) is 24.4. The van der Waals surface area contributed by atoms with Gasteiger partial charge in [0.2, 0.25) is 5.95 Å². The van der Waals surface area contributed by atoms with Gasteiger partial charge >= 0.3 is 5.97 Å². The fourth-order valence-electron chi connectivity index (χ4n) is 5.18. The van der Waals surface area contributed by atoms with Gasteiger partial charge in [0.15, 0.2) is 0 Å². The number of rotatable bonds is 9. The van der Waals surface area contributed by atoms with Gasteiger partial charge in [-0.05, 0) is 69.0 Å². The lowest BCUT2D eigenvalue weighted by Crippen LogP contribution is -2.36. The number of aromatic nitrogens is 2. The highest BCUT2D eigenvalue weighted by atomic mass is 35.5. The molecule has 0 radical (unpaired) electrons. The van der Waals surface area contributed by atoms with E-state index in [-0.39, 0.29) is 34.4 Å². The van der Waals surface area contributed by atoms with Crippen LogP contribution >= 0.6 is 11.6 Å². The number of hydrogen-bond donors (Lipinski definition) is 2. The minimum absolute atomic E-state index is 0.0463. The third-order valence-electron chi connectivity index (χ3n) is 7.49. The molecule has 0 saturated carbocycles. The van der Waals surface area contributed by atoms with Crippen molar-refractivity contribution in [1.29, 1.82) is 0 Å². The number of para-hydroxylation sites is 1. The smallest absolute Gasteiger partial charge is 0.309 e. The van der Waals surface area contributed by atoms with Gasteiger partial charge in [-0.25, -0.2) is 9.37 Å². The Balaban J connectivity index is 1.31. The summed E-state index contributed by atoms with van der Waals surface area (Å²) in [6, 6.07) is 12.1. The van der Waals surface area contributed by atoms with Crippen LogP contribution in [0, 0.1) is 11.7 Å². The van der Waals surface area contributed by atoms with Crippen LogP contribution in [-0.2, 0) is 14.3 Å². The molecule has 1 unspecified atom stereocenters. The van der Waals surface area contributed by atoms with Crippen molar-refractivity contribution in [2.45, 2.75) is 38.8 Å². The number of benzene rings is 2. The monoisotopic (exact) mass is 596 g/mol. The van der Waals surface area contributed by atoms with Gasteiger partial charge in [-0.3, -0.25) is 9.59 Å². The summed E-state index contributed by atoms with van der Waals surface area (Å²) in [6.45, 7) is 4.40. The number of halogens is 2. The average Bonchev–Trinajstić information content (AvgIpc) is 3.54. The van der Waals surface area contributed by atoms with Gasteiger partial charge in [0.25, 0.3) is 5.91 Å². The van der Waals surface area contributed by atoms with Crippen molar-refractivity contribution in [3.63, 3.8) is 0 Å². The summed E-state index contributed by atoms with van der Waals surface area (Å²) in [5.74, 6) is -0.764. The van der Waals surface area contributed by atoms with E-state index >= 15 is 0 Å². The number of piperidine rings is 1. The number of nitrogens with zero attached hydrogens (tertiary/aromatic N) is 4. The molecule has 1 atom stereocenters. The molecule has 222 valence electrons. The molecule has 3 heterocycles. The SMILES string of the molecule is CCOC(=O)C1CCN(c2ccc(Nc3ncc(C(=O)Nc4c(F)cccc4Cl)c(N(C)C4CCCO4)n3)cc2)CC1. The van der Waals surface area contributed by atoms with Crippen molar-refractivity contribution < 1.29 is 23.5 Å². The standard InChI is InChI=1S/C30H34ClFN6O4/c1-3-41-29(40)19-13-15-38(16-14-19)21-11-9-20(10-12-21)34-30-33-18-22(27(36-30)37(2)25-8-5-17-42-25)28(39)35-26-23(31)6-4-7-24(26)32/h4,6-7,9-12,18-19,25H,3,5,8,13-17H2,1-2H3,(H,35,39)(H,33,34,36). The maximum Gasteiger partial charge on any atom is 0.309 e. The average molecular weight is 597 g/mol. The first kappa shape index (κ1) is 29.5. The zero-order chi connectivity index (χ0) is 29.6. The first-order valence-electron chi connectivity index (χ1n) is 14.1. The lowest BCUT2D eigenvalue weighted by Gasteiger charge is -2.32. The van der Waals surface area contributed by atoms with E-state index in [0.29, 0.717) is 25.0 Å². The normalized spacial score (nSPS) is 17.1. The second-order valence-corrected chi connectivity index (χ2v) is 10.7. The molecule has 0 spiro atoms. The lowest BCUT2D eigenvalue weighted by atomic mass is 9.96. The number of hydrogen-bond acceptors (Lipinski definition) is 9. The molecule has 2 N–H and O–H groups in total. The Hall–Kier alpha value is -3.96. The predicted molar refractivity (Wildman–Crippen MR) is 160 cm³/mol. The van der Waals surface area contributed by atoms with Crippen LogP contribution in [0.2, 0.25) is 5.02 Å². The maximum absolute atomic E-state index is 14.4. The molecule has 2 aliphatic heterocycles. The number of carbonyl (C=O) groups excluding carboxylic acids is 2. The molecular formula is C30H34ClFN6O4. The molecule has 5 rings (SSSR count). The fourth-order valence-corrected chi connectivity index (χ4v) is 5.39. The molecule has 10 nitrogen and oxygen atoms in total. The highest BCUT2D eigenvalue weighted by Crippen LogP contribution is 2.30. The molecule has 3 aromatic rings. The van der Waals surface area contributed by atoms with Crippen molar-refractivity contribution in [3.05, 3.63) is 65.1 Å². The van der Waals surface area contributed by atoms with Crippen LogP contribution in [-0.4, -0.2) is 61.4 Å². The van der Waals surface area contributed by atoms with Crippen LogP contribution in [0.1, 0.15) is 43.0 Å². The lowest BCUT2D eigenvalue weighted by molar-refractivity contribution is -0.148. The van der Waals surface area contributed by atoms with E-state index in [0.717, 1.165) is 50.1 Å². The number of carbonyl (C=O) groups is 2. The van der Waals surface area contributed by atoms with E-state index in [1.165, 1.54) is 24.4 Å². The minimum Gasteiger partial charge on any atom is -0.466 e. The third-order valence-corrected chi connectivity index (χ3v) is 7.80. The molecule has 12 heteroatoms. The van der Waals surface area contributed by atoms with Gasteiger partial charge in [-0.2, -0.15) is 4.98 Å². The summed E-state index contributed by atoms with van der Waals surface area (Å²) >= 11 is 6.13. The van der Waals surface area contributed by atoms with Crippen LogP contribution in [0.3, 0.4) is 0 Å². The summed E-state index contributed by atoms with van der Waals surface area (Å²) in [4.78, 5) is 38.4. The van der Waals surface area contributed by atoms with Gasteiger partial charge in [0.05, 0.1) is 23.2 Å². The Kier molecular flexibility index (Phi) is 9.38. The van der Waals surface area contributed by atoms with Gasteiger partial charge in [0.1, 0.15) is 23.4 Å². The second kappa shape index (κ2) is 13.3. The van der Waals surface area contributed by atoms with E-state index in [1.54, 1.807) is 11.9 Å². The number of esters is 1. The van der Waals surface area contributed by atoms with Gasteiger partial charge in [-0.1, -0.05) is 17.7 Å². The van der Waals surface area contributed by atoms with E-state index < -0.39 is 11.7 Å². The number of anilines is 5. The number of nitrogens with one attached hydrogen (secondary N) is 2. The molecular weight excluding hydrogens is 563 g/mol. The van der Waals surface area contributed by atoms with Crippen molar-refractivity contribution in [3.8, 4) is 0 Å². The minimum atomic E-state index is -0.643. The number of ether oxygens (including phenoxy) is 2. The Labute approximate surface area is 249 Å². The summed E-state index contributed by atoms with van der Waals surface area (Å²) in [5, 5.41) is 5.85. The third kappa shape index (κ3) is 6.74. The summed E-state index contributed by atoms with van der Waals surface area (Å²) in [5.41, 5.74) is 1.87. The quantitative estimate of drug-likeness (QED) is 0.304. The van der Waals surface area contributed by atoms with Gasteiger partial charge in [0, 0.05) is 44.3 Å². The molecule has 0 aliphatic carbocycles. The van der Waals surface area contributed by atoms with E-state index in [1.807, 2.05) is 31.2 Å². The largest absolute Gasteiger partial charge is 0.466 e.